The number of nitrogens with zero attached hydrogens (tertiary/aromatic N) is 1. The van der Waals surface area contributed by atoms with Crippen molar-refractivity contribution in [3.05, 3.63) is 34.7 Å². The van der Waals surface area contributed by atoms with E-state index in [9.17, 15) is 0 Å². The summed E-state index contributed by atoms with van der Waals surface area (Å²) in [5.74, 6) is 0. The zero-order chi connectivity index (χ0) is 9.26. The Kier molecular flexibility index (Phi) is 2.20. The van der Waals surface area contributed by atoms with E-state index in [1.54, 1.807) is 6.07 Å². The first kappa shape index (κ1) is 8.53. The topological polar surface area (TPSA) is 38.9 Å². The van der Waals surface area contributed by atoms with Crippen LogP contribution in [0.3, 0.4) is 0 Å². The van der Waals surface area contributed by atoms with Gasteiger partial charge in [-0.1, -0.05) is 17.7 Å². The smallest absolute Gasteiger partial charge is 0.0841 e. The standard InChI is InChI=1S/C9H7ClN2S/c10-7-2-1-6(5-8(7)11)9-3-4-13-12-9/h1-5H,11H2. The third kappa shape index (κ3) is 1.66. The summed E-state index contributed by atoms with van der Waals surface area (Å²) in [6.07, 6.45) is 0. The zero-order valence-corrected chi connectivity index (χ0v) is 8.27. The van der Waals surface area contributed by atoms with Crippen LogP contribution >= 0.6 is 23.1 Å². The lowest BCUT2D eigenvalue weighted by Crippen LogP contribution is -1.86. The van der Waals surface area contributed by atoms with Gasteiger partial charge in [-0.25, -0.2) is 0 Å². The Morgan fingerprint density at radius 3 is 2.77 bits per heavy atom. The lowest BCUT2D eigenvalue weighted by molar-refractivity contribution is 1.52. The predicted octanol–water partition coefficient (Wildman–Crippen LogP) is 3.05. The summed E-state index contributed by atoms with van der Waals surface area (Å²) < 4.78 is 4.20. The van der Waals surface area contributed by atoms with Crippen LogP contribution in [0.1, 0.15) is 0 Å². The van der Waals surface area contributed by atoms with E-state index in [1.807, 2.05) is 23.6 Å². The van der Waals surface area contributed by atoms with E-state index in [4.69, 9.17) is 17.3 Å². The summed E-state index contributed by atoms with van der Waals surface area (Å²) in [6, 6.07) is 7.48. The second-order valence-electron chi connectivity index (χ2n) is 2.62. The summed E-state index contributed by atoms with van der Waals surface area (Å²) in [6.45, 7) is 0. The Balaban J connectivity index is 2.49. The van der Waals surface area contributed by atoms with Gasteiger partial charge in [-0.15, -0.1) is 0 Å². The molecule has 0 bridgehead atoms. The number of benzene rings is 1. The molecular formula is C9H7ClN2S. The van der Waals surface area contributed by atoms with Gasteiger partial charge >= 0.3 is 0 Å². The molecule has 0 amide bonds. The van der Waals surface area contributed by atoms with Crippen molar-refractivity contribution in [2.45, 2.75) is 0 Å². The largest absolute Gasteiger partial charge is 0.398 e. The van der Waals surface area contributed by atoms with Crippen molar-refractivity contribution in [2.75, 3.05) is 5.73 Å². The molecule has 0 radical (unpaired) electrons. The van der Waals surface area contributed by atoms with Crippen molar-refractivity contribution in [1.82, 2.24) is 4.37 Å². The fraction of sp³-hybridized carbons (Fsp3) is 0. The van der Waals surface area contributed by atoms with Crippen molar-refractivity contribution in [1.29, 1.82) is 0 Å². The van der Waals surface area contributed by atoms with Gasteiger partial charge in [0.15, 0.2) is 0 Å². The van der Waals surface area contributed by atoms with Crippen LogP contribution in [0.4, 0.5) is 5.69 Å². The third-order valence-electron chi connectivity index (χ3n) is 1.73. The molecule has 0 aliphatic heterocycles. The number of nitrogens with two attached hydrogens (primary N) is 1. The molecule has 0 saturated heterocycles. The molecule has 0 aliphatic carbocycles. The maximum Gasteiger partial charge on any atom is 0.0841 e. The number of aromatic nitrogens is 1. The minimum Gasteiger partial charge on any atom is -0.398 e. The van der Waals surface area contributed by atoms with Gasteiger partial charge in [0.05, 0.1) is 16.4 Å². The van der Waals surface area contributed by atoms with Crippen molar-refractivity contribution >= 4 is 28.8 Å². The fourth-order valence-electron chi connectivity index (χ4n) is 1.06. The van der Waals surface area contributed by atoms with E-state index in [1.165, 1.54) is 11.5 Å². The highest BCUT2D eigenvalue weighted by molar-refractivity contribution is 7.03. The van der Waals surface area contributed by atoms with Gasteiger partial charge in [0.1, 0.15) is 0 Å². The maximum atomic E-state index is 5.80. The van der Waals surface area contributed by atoms with Crippen LogP contribution in [0.2, 0.25) is 5.02 Å². The fourth-order valence-corrected chi connectivity index (χ4v) is 1.71. The van der Waals surface area contributed by atoms with E-state index in [0.717, 1.165) is 11.3 Å². The molecule has 0 unspecified atom stereocenters. The Morgan fingerprint density at radius 1 is 1.31 bits per heavy atom. The lowest BCUT2D eigenvalue weighted by Gasteiger charge is -2.00. The minimum atomic E-state index is 0.582. The van der Waals surface area contributed by atoms with Crippen molar-refractivity contribution in [2.24, 2.45) is 0 Å². The highest BCUT2D eigenvalue weighted by atomic mass is 35.5. The minimum absolute atomic E-state index is 0.582. The third-order valence-corrected chi connectivity index (χ3v) is 2.63. The SMILES string of the molecule is Nc1cc(-c2ccsn2)ccc1Cl. The maximum absolute atomic E-state index is 5.80. The normalized spacial score (nSPS) is 10.2. The molecule has 2 nitrogen and oxygen atoms in total. The molecule has 2 rings (SSSR count). The van der Waals surface area contributed by atoms with Crippen LogP contribution in [-0.2, 0) is 0 Å². The highest BCUT2D eigenvalue weighted by Crippen LogP contribution is 2.25. The van der Waals surface area contributed by atoms with Gasteiger partial charge in [-0.3, -0.25) is 0 Å². The van der Waals surface area contributed by atoms with Gasteiger partial charge in [0, 0.05) is 10.9 Å². The monoisotopic (exact) mass is 210 g/mol. The quantitative estimate of drug-likeness (QED) is 0.735. The molecule has 66 valence electrons. The molecule has 1 aromatic carbocycles. The van der Waals surface area contributed by atoms with Gasteiger partial charge in [-0.05, 0) is 29.7 Å². The number of rotatable bonds is 1. The van der Waals surface area contributed by atoms with Crippen molar-refractivity contribution in [3.63, 3.8) is 0 Å². The number of nitrogen functional groups attached to an aromatic ring is 1. The van der Waals surface area contributed by atoms with Crippen molar-refractivity contribution < 1.29 is 0 Å². The Hall–Kier alpha value is -1.06. The number of halogens is 1. The molecule has 2 aromatic rings. The zero-order valence-electron chi connectivity index (χ0n) is 6.70. The first-order chi connectivity index (χ1) is 6.27. The van der Waals surface area contributed by atoms with E-state index >= 15 is 0 Å². The van der Waals surface area contributed by atoms with Crippen LogP contribution in [0.5, 0.6) is 0 Å². The van der Waals surface area contributed by atoms with Crippen LogP contribution in [0.15, 0.2) is 29.6 Å². The van der Waals surface area contributed by atoms with Gasteiger partial charge in [-0.2, -0.15) is 4.37 Å². The number of hydrogen-bond acceptors (Lipinski definition) is 3. The van der Waals surface area contributed by atoms with Crippen LogP contribution in [0.25, 0.3) is 11.3 Å². The van der Waals surface area contributed by atoms with Crippen LogP contribution in [0, 0.1) is 0 Å². The predicted molar refractivity (Wildman–Crippen MR) is 57.0 cm³/mol. The molecule has 2 N–H and O–H groups in total. The summed E-state index contributed by atoms with van der Waals surface area (Å²) in [7, 11) is 0. The van der Waals surface area contributed by atoms with Crippen LogP contribution in [-0.4, -0.2) is 4.37 Å². The molecule has 1 heterocycles. The number of hydrogen-bond donors (Lipinski definition) is 1. The summed E-state index contributed by atoms with van der Waals surface area (Å²) in [5.41, 5.74) is 8.20. The van der Waals surface area contributed by atoms with Crippen LogP contribution < -0.4 is 5.73 Å². The molecule has 0 atom stereocenters. The average molecular weight is 211 g/mol. The summed E-state index contributed by atoms with van der Waals surface area (Å²) >= 11 is 7.22. The number of anilines is 1. The first-order valence-corrected chi connectivity index (χ1v) is 4.94. The van der Waals surface area contributed by atoms with Crippen molar-refractivity contribution in [3.8, 4) is 11.3 Å². The molecule has 0 aliphatic rings. The van der Waals surface area contributed by atoms with Gasteiger partial charge < -0.3 is 5.73 Å². The molecular weight excluding hydrogens is 204 g/mol. The molecule has 4 heteroatoms. The average Bonchev–Trinajstić information content (AvgIpc) is 2.62. The second kappa shape index (κ2) is 3.36. The first-order valence-electron chi connectivity index (χ1n) is 3.73. The Bertz CT molecular complexity index is 412. The second-order valence-corrected chi connectivity index (χ2v) is 3.69. The van der Waals surface area contributed by atoms with E-state index in [-0.39, 0.29) is 0 Å². The highest BCUT2D eigenvalue weighted by Gasteiger charge is 2.01. The lowest BCUT2D eigenvalue weighted by atomic mass is 10.1. The molecule has 13 heavy (non-hydrogen) atoms. The van der Waals surface area contributed by atoms with Gasteiger partial charge in [0.25, 0.3) is 0 Å². The van der Waals surface area contributed by atoms with E-state index in [0.29, 0.717) is 10.7 Å². The van der Waals surface area contributed by atoms with Gasteiger partial charge in [0.2, 0.25) is 0 Å². The summed E-state index contributed by atoms with van der Waals surface area (Å²) in [4.78, 5) is 0. The molecule has 0 saturated carbocycles. The molecule has 1 aromatic heterocycles. The van der Waals surface area contributed by atoms with E-state index in [2.05, 4.69) is 4.37 Å². The summed E-state index contributed by atoms with van der Waals surface area (Å²) in [5, 5.41) is 2.51. The molecule has 0 fully saturated rings. The van der Waals surface area contributed by atoms with E-state index < -0.39 is 0 Å². The Morgan fingerprint density at radius 2 is 2.15 bits per heavy atom. The Labute approximate surface area is 85.1 Å². The molecule has 0 spiro atoms.